The highest BCUT2D eigenvalue weighted by Gasteiger charge is 2.08. The zero-order valence-corrected chi connectivity index (χ0v) is 8.07. The lowest BCUT2D eigenvalue weighted by Gasteiger charge is -1.99. The molecule has 0 saturated carbocycles. The third kappa shape index (κ3) is 1.57. The van der Waals surface area contributed by atoms with Gasteiger partial charge in [0.25, 0.3) is 0 Å². The number of halogens is 2. The van der Waals surface area contributed by atoms with Gasteiger partial charge in [0.15, 0.2) is 0 Å². The van der Waals surface area contributed by atoms with Crippen LogP contribution in [0.15, 0.2) is 29.2 Å². The lowest BCUT2D eigenvalue weighted by atomic mass is 10.1. The first-order valence-electron chi connectivity index (χ1n) is 3.60. The monoisotopic (exact) mass is 213 g/mol. The van der Waals surface area contributed by atoms with Gasteiger partial charge in [-0.1, -0.05) is 11.6 Å². The van der Waals surface area contributed by atoms with Crippen molar-refractivity contribution in [3.63, 3.8) is 0 Å². The van der Waals surface area contributed by atoms with E-state index in [1.807, 2.05) is 5.38 Å². The van der Waals surface area contributed by atoms with E-state index in [0.29, 0.717) is 10.6 Å². The van der Waals surface area contributed by atoms with Gasteiger partial charge in [0.2, 0.25) is 0 Å². The van der Waals surface area contributed by atoms with Gasteiger partial charge in [-0.2, -0.15) is 11.3 Å². The Hall–Kier alpha value is -0.930. The topological polar surface area (TPSA) is 12.9 Å². The second-order valence-corrected chi connectivity index (χ2v) is 3.64. The Labute approximate surface area is 83.8 Å². The van der Waals surface area contributed by atoms with Crippen molar-refractivity contribution in [3.8, 4) is 11.1 Å². The number of nitrogens with zero attached hydrogens (tertiary/aromatic N) is 1. The van der Waals surface area contributed by atoms with Gasteiger partial charge >= 0.3 is 0 Å². The van der Waals surface area contributed by atoms with Crippen molar-refractivity contribution in [2.45, 2.75) is 0 Å². The van der Waals surface area contributed by atoms with Gasteiger partial charge in [-0.25, -0.2) is 4.39 Å². The highest BCUT2D eigenvalue weighted by molar-refractivity contribution is 7.09. The van der Waals surface area contributed by atoms with Gasteiger partial charge in [-0.15, -0.1) is 0 Å². The highest BCUT2D eigenvalue weighted by Crippen LogP contribution is 2.32. The van der Waals surface area contributed by atoms with Gasteiger partial charge in [-0.05, 0) is 6.07 Å². The zero-order chi connectivity index (χ0) is 9.26. The molecule has 0 radical (unpaired) electrons. The number of thiophene rings is 1. The van der Waals surface area contributed by atoms with Gasteiger partial charge in [-0.3, -0.25) is 4.98 Å². The molecule has 2 rings (SSSR count). The van der Waals surface area contributed by atoms with Crippen LogP contribution in [0, 0.1) is 5.82 Å². The summed E-state index contributed by atoms with van der Waals surface area (Å²) < 4.78 is 13.2. The standard InChI is InChI=1S/C9H5ClFNS/c10-8-5-13-4-7(8)6-1-2-12-3-9(6)11/h1-5H. The van der Waals surface area contributed by atoms with E-state index in [1.165, 1.54) is 17.5 Å². The van der Waals surface area contributed by atoms with Crippen molar-refractivity contribution in [3.05, 3.63) is 40.1 Å². The molecule has 0 N–H and O–H groups in total. The average molecular weight is 214 g/mol. The Morgan fingerprint density at radius 2 is 2.15 bits per heavy atom. The second kappa shape index (κ2) is 3.44. The second-order valence-electron chi connectivity index (χ2n) is 2.49. The molecule has 0 aliphatic carbocycles. The van der Waals surface area contributed by atoms with E-state index in [0.717, 1.165) is 5.56 Å². The van der Waals surface area contributed by atoms with Crippen LogP contribution in [0.1, 0.15) is 0 Å². The van der Waals surface area contributed by atoms with Crippen molar-refractivity contribution >= 4 is 22.9 Å². The normalized spacial score (nSPS) is 10.3. The van der Waals surface area contributed by atoms with Crippen LogP contribution in [0.25, 0.3) is 11.1 Å². The minimum atomic E-state index is -0.345. The maximum atomic E-state index is 13.2. The molecule has 1 nitrogen and oxygen atoms in total. The van der Waals surface area contributed by atoms with Crippen LogP contribution in [0.2, 0.25) is 5.02 Å². The van der Waals surface area contributed by atoms with E-state index in [2.05, 4.69) is 4.98 Å². The fourth-order valence-corrected chi connectivity index (χ4v) is 2.15. The Bertz CT molecular complexity index is 427. The van der Waals surface area contributed by atoms with Crippen LogP contribution in [-0.4, -0.2) is 4.98 Å². The van der Waals surface area contributed by atoms with Gasteiger partial charge in [0.1, 0.15) is 5.82 Å². The number of aromatic nitrogens is 1. The first-order valence-corrected chi connectivity index (χ1v) is 4.92. The zero-order valence-electron chi connectivity index (χ0n) is 6.50. The number of hydrogen-bond donors (Lipinski definition) is 0. The lowest BCUT2D eigenvalue weighted by Crippen LogP contribution is -1.83. The van der Waals surface area contributed by atoms with Crippen molar-refractivity contribution in [2.75, 3.05) is 0 Å². The summed E-state index contributed by atoms with van der Waals surface area (Å²) in [6, 6.07) is 1.61. The number of hydrogen-bond acceptors (Lipinski definition) is 2. The fraction of sp³-hybridized carbons (Fsp3) is 0. The van der Waals surface area contributed by atoms with E-state index >= 15 is 0 Å². The summed E-state index contributed by atoms with van der Waals surface area (Å²) >= 11 is 7.32. The molecule has 0 aliphatic rings. The van der Waals surface area contributed by atoms with E-state index in [-0.39, 0.29) is 5.82 Å². The van der Waals surface area contributed by atoms with Crippen LogP contribution < -0.4 is 0 Å². The van der Waals surface area contributed by atoms with Crippen molar-refractivity contribution in [1.82, 2.24) is 4.98 Å². The van der Waals surface area contributed by atoms with Crippen molar-refractivity contribution < 1.29 is 4.39 Å². The van der Waals surface area contributed by atoms with Crippen molar-refractivity contribution in [2.24, 2.45) is 0 Å². The highest BCUT2D eigenvalue weighted by atomic mass is 35.5. The van der Waals surface area contributed by atoms with Gasteiger partial charge in [0, 0.05) is 28.1 Å². The summed E-state index contributed by atoms with van der Waals surface area (Å²) in [5.41, 5.74) is 1.23. The molecule has 2 heterocycles. The Balaban J connectivity index is 2.59. The van der Waals surface area contributed by atoms with Gasteiger partial charge in [0.05, 0.1) is 11.2 Å². The lowest BCUT2D eigenvalue weighted by molar-refractivity contribution is 0.625. The quantitative estimate of drug-likeness (QED) is 0.705. The molecule has 0 atom stereocenters. The Morgan fingerprint density at radius 3 is 2.77 bits per heavy atom. The summed E-state index contributed by atoms with van der Waals surface area (Å²) in [5, 5.41) is 4.17. The molecule has 13 heavy (non-hydrogen) atoms. The van der Waals surface area contributed by atoms with E-state index in [1.54, 1.807) is 17.6 Å². The molecule has 0 saturated heterocycles. The SMILES string of the molecule is Fc1cnccc1-c1cscc1Cl. The van der Waals surface area contributed by atoms with Crippen LogP contribution >= 0.6 is 22.9 Å². The third-order valence-electron chi connectivity index (χ3n) is 1.68. The summed E-state index contributed by atoms with van der Waals surface area (Å²) in [5.74, 6) is -0.345. The maximum Gasteiger partial charge on any atom is 0.149 e. The van der Waals surface area contributed by atoms with E-state index in [4.69, 9.17) is 11.6 Å². The van der Waals surface area contributed by atoms with Crippen LogP contribution in [0.4, 0.5) is 4.39 Å². The smallest absolute Gasteiger partial charge is 0.149 e. The van der Waals surface area contributed by atoms with Gasteiger partial charge < -0.3 is 0 Å². The van der Waals surface area contributed by atoms with Crippen molar-refractivity contribution in [1.29, 1.82) is 0 Å². The molecular formula is C9H5ClFNS. The molecule has 0 aliphatic heterocycles. The molecule has 0 bridgehead atoms. The van der Waals surface area contributed by atoms with E-state index in [9.17, 15) is 4.39 Å². The molecule has 2 aromatic rings. The Morgan fingerprint density at radius 1 is 1.31 bits per heavy atom. The molecule has 66 valence electrons. The summed E-state index contributed by atoms with van der Waals surface area (Å²) in [7, 11) is 0. The molecule has 0 aromatic carbocycles. The summed E-state index contributed by atoms with van der Waals surface area (Å²) in [6.45, 7) is 0. The summed E-state index contributed by atoms with van der Waals surface area (Å²) in [6.07, 6.45) is 2.73. The fourth-order valence-electron chi connectivity index (χ4n) is 1.07. The minimum absolute atomic E-state index is 0.345. The van der Waals surface area contributed by atoms with Crippen LogP contribution in [-0.2, 0) is 0 Å². The molecule has 2 aromatic heterocycles. The van der Waals surface area contributed by atoms with Crippen LogP contribution in [0.5, 0.6) is 0 Å². The minimum Gasteiger partial charge on any atom is -0.262 e. The molecule has 0 fully saturated rings. The molecular weight excluding hydrogens is 209 g/mol. The first-order chi connectivity index (χ1) is 6.29. The first kappa shape index (κ1) is 8.66. The Kier molecular flexibility index (Phi) is 2.29. The predicted octanol–water partition coefficient (Wildman–Crippen LogP) is 3.60. The molecule has 0 amide bonds. The molecule has 0 unspecified atom stereocenters. The van der Waals surface area contributed by atoms with Crippen LogP contribution in [0.3, 0.4) is 0 Å². The number of rotatable bonds is 1. The summed E-state index contributed by atoms with van der Waals surface area (Å²) in [4.78, 5) is 3.67. The number of pyridine rings is 1. The third-order valence-corrected chi connectivity index (χ3v) is 2.86. The van der Waals surface area contributed by atoms with E-state index < -0.39 is 0 Å². The largest absolute Gasteiger partial charge is 0.262 e. The molecule has 4 heteroatoms. The average Bonchev–Trinajstić information content (AvgIpc) is 2.52. The maximum absolute atomic E-state index is 13.2. The predicted molar refractivity (Wildman–Crippen MR) is 52.5 cm³/mol. The molecule has 0 spiro atoms.